The Morgan fingerprint density at radius 3 is 2.80 bits per heavy atom. The predicted molar refractivity (Wildman–Crippen MR) is 41.1 cm³/mol. The lowest BCUT2D eigenvalue weighted by Gasteiger charge is -2.07. The highest BCUT2D eigenvalue weighted by Gasteiger charge is 2.25. The highest BCUT2D eigenvalue weighted by molar-refractivity contribution is 5.75. The minimum Gasteiger partial charge on any atom is -0.463 e. The number of nitrogens with zero attached hydrogens (tertiary/aromatic N) is 1. The fourth-order valence-corrected chi connectivity index (χ4v) is 0.826. The smallest absolute Gasteiger partial charge is 0.285 e. The van der Waals surface area contributed by atoms with Crippen molar-refractivity contribution in [3.63, 3.8) is 0 Å². The largest absolute Gasteiger partial charge is 0.463 e. The molecule has 1 N–H and O–H groups in total. The average molecular weight is 142 g/mol. The molecule has 0 bridgehead atoms. The zero-order valence-corrected chi connectivity index (χ0v) is 6.77. The maximum Gasteiger partial charge on any atom is 0.285 e. The molecule has 1 heterocycles. The van der Waals surface area contributed by atoms with Gasteiger partial charge in [-0.05, 0) is 20.8 Å². The van der Waals surface area contributed by atoms with Gasteiger partial charge in [0.25, 0.3) is 6.02 Å². The predicted octanol–water partition coefficient (Wildman–Crippen LogP) is 0.761. The van der Waals surface area contributed by atoms with E-state index >= 15 is 0 Å². The highest BCUT2D eigenvalue weighted by Crippen LogP contribution is 2.15. The molecule has 0 spiro atoms. The minimum atomic E-state index is -0.0303. The van der Waals surface area contributed by atoms with Crippen LogP contribution >= 0.6 is 0 Å². The van der Waals surface area contributed by atoms with Crippen LogP contribution in [0.1, 0.15) is 20.8 Å². The first-order valence-electron chi connectivity index (χ1n) is 3.60. The van der Waals surface area contributed by atoms with Gasteiger partial charge in [0.2, 0.25) is 0 Å². The molecule has 1 rings (SSSR count). The molecule has 58 valence electrons. The van der Waals surface area contributed by atoms with Gasteiger partial charge in [0, 0.05) is 6.54 Å². The van der Waals surface area contributed by atoms with E-state index in [9.17, 15) is 0 Å². The normalized spacial score (nSPS) is 21.7. The van der Waals surface area contributed by atoms with Gasteiger partial charge < -0.3 is 10.1 Å². The molecule has 1 aliphatic heterocycles. The van der Waals surface area contributed by atoms with Crippen LogP contribution in [0.15, 0.2) is 4.99 Å². The van der Waals surface area contributed by atoms with Crippen LogP contribution in [0.2, 0.25) is 0 Å². The topological polar surface area (TPSA) is 33.6 Å². The third-order valence-corrected chi connectivity index (χ3v) is 1.29. The molecule has 0 amide bonds. The first kappa shape index (κ1) is 7.38. The molecule has 0 aromatic carbocycles. The Morgan fingerprint density at radius 2 is 2.40 bits per heavy atom. The molecule has 3 nitrogen and oxygen atoms in total. The lowest BCUT2D eigenvalue weighted by atomic mass is 10.1. The summed E-state index contributed by atoms with van der Waals surface area (Å²) in [5.74, 6) is 0. The number of nitrogens with one attached hydrogen (secondary N) is 1. The fraction of sp³-hybridized carbons (Fsp3) is 0.857. The van der Waals surface area contributed by atoms with Gasteiger partial charge in [-0.3, -0.25) is 0 Å². The van der Waals surface area contributed by atoms with Crippen molar-refractivity contribution in [1.82, 2.24) is 5.32 Å². The summed E-state index contributed by atoms with van der Waals surface area (Å²) >= 11 is 0. The van der Waals surface area contributed by atoms with E-state index in [4.69, 9.17) is 4.74 Å². The second kappa shape index (κ2) is 2.48. The maximum absolute atomic E-state index is 5.25. The lowest BCUT2D eigenvalue weighted by Crippen LogP contribution is -2.22. The van der Waals surface area contributed by atoms with Crippen molar-refractivity contribution in [3.8, 4) is 0 Å². The van der Waals surface area contributed by atoms with E-state index in [1.807, 2.05) is 6.92 Å². The van der Waals surface area contributed by atoms with Gasteiger partial charge in [0.05, 0.1) is 5.54 Å². The third-order valence-electron chi connectivity index (χ3n) is 1.29. The van der Waals surface area contributed by atoms with E-state index in [1.54, 1.807) is 0 Å². The summed E-state index contributed by atoms with van der Waals surface area (Å²) in [5, 5.41) is 3.03. The third kappa shape index (κ3) is 1.62. The molecule has 10 heavy (non-hydrogen) atoms. The number of aliphatic imine (C=N–C) groups is 1. The number of hydrogen-bond acceptors (Lipinski definition) is 3. The Bertz CT molecular complexity index is 152. The van der Waals surface area contributed by atoms with Crippen LogP contribution in [-0.4, -0.2) is 24.7 Å². The molecule has 3 heteroatoms. The molecule has 0 atom stereocenters. The van der Waals surface area contributed by atoms with Crippen LogP contribution < -0.4 is 5.32 Å². The summed E-state index contributed by atoms with van der Waals surface area (Å²) in [6, 6.07) is 0.688. The number of amidine groups is 1. The van der Waals surface area contributed by atoms with Crippen molar-refractivity contribution < 1.29 is 4.74 Å². The Hall–Kier alpha value is -0.730. The standard InChI is InChI=1S/C7H14N2O/c1-4-8-6-9-7(2,3)5-10-6/h4-5H2,1-3H3,(H,8,9). The van der Waals surface area contributed by atoms with E-state index in [-0.39, 0.29) is 5.54 Å². The van der Waals surface area contributed by atoms with E-state index in [2.05, 4.69) is 24.2 Å². The van der Waals surface area contributed by atoms with E-state index < -0.39 is 0 Å². The second-order valence-electron chi connectivity index (χ2n) is 3.05. The van der Waals surface area contributed by atoms with Gasteiger partial charge in [0.1, 0.15) is 6.61 Å². The number of ether oxygens (including phenoxy) is 1. The van der Waals surface area contributed by atoms with Crippen LogP contribution in [0.25, 0.3) is 0 Å². The van der Waals surface area contributed by atoms with Crippen LogP contribution in [0.3, 0.4) is 0 Å². The molecule has 0 radical (unpaired) electrons. The van der Waals surface area contributed by atoms with Gasteiger partial charge in [-0.2, -0.15) is 0 Å². The van der Waals surface area contributed by atoms with Crippen LogP contribution in [0, 0.1) is 0 Å². The second-order valence-corrected chi connectivity index (χ2v) is 3.05. The van der Waals surface area contributed by atoms with E-state index in [0.717, 1.165) is 6.54 Å². The number of rotatable bonds is 1. The zero-order chi connectivity index (χ0) is 7.61. The van der Waals surface area contributed by atoms with Crippen LogP contribution in [-0.2, 0) is 4.74 Å². The van der Waals surface area contributed by atoms with Crippen molar-refractivity contribution in [2.45, 2.75) is 26.3 Å². The first-order chi connectivity index (χ1) is 4.64. The Labute approximate surface area is 61.5 Å². The molecule has 0 fully saturated rings. The van der Waals surface area contributed by atoms with Gasteiger partial charge in [-0.15, -0.1) is 0 Å². The van der Waals surface area contributed by atoms with Gasteiger partial charge in [-0.1, -0.05) is 0 Å². The summed E-state index contributed by atoms with van der Waals surface area (Å²) < 4.78 is 5.25. The fourth-order valence-electron chi connectivity index (χ4n) is 0.826. The van der Waals surface area contributed by atoms with Gasteiger partial charge >= 0.3 is 0 Å². The minimum absolute atomic E-state index is 0.0303. The Kier molecular flexibility index (Phi) is 1.83. The molecule has 1 aliphatic rings. The molecule has 0 aromatic heterocycles. The zero-order valence-electron chi connectivity index (χ0n) is 6.77. The SMILES string of the molecule is CCNC1=NC(C)(C)CO1. The van der Waals surface area contributed by atoms with Crippen molar-refractivity contribution in [1.29, 1.82) is 0 Å². The first-order valence-corrected chi connectivity index (χ1v) is 3.60. The summed E-state index contributed by atoms with van der Waals surface area (Å²) in [5.41, 5.74) is -0.0303. The highest BCUT2D eigenvalue weighted by atomic mass is 16.5. The quantitative estimate of drug-likeness (QED) is 0.586. The van der Waals surface area contributed by atoms with Crippen molar-refractivity contribution in [2.75, 3.05) is 13.2 Å². The molecular weight excluding hydrogens is 128 g/mol. The average Bonchev–Trinajstić information content (AvgIpc) is 2.12. The molecule has 0 saturated heterocycles. The summed E-state index contributed by atoms with van der Waals surface area (Å²) in [6.07, 6.45) is 0. The van der Waals surface area contributed by atoms with Gasteiger partial charge in [0.15, 0.2) is 0 Å². The molecule has 0 saturated carbocycles. The Balaban J connectivity index is 2.49. The van der Waals surface area contributed by atoms with Crippen molar-refractivity contribution in [2.24, 2.45) is 4.99 Å². The van der Waals surface area contributed by atoms with E-state index in [1.165, 1.54) is 0 Å². The monoisotopic (exact) mass is 142 g/mol. The molecule has 0 aliphatic carbocycles. The summed E-state index contributed by atoms with van der Waals surface area (Å²) in [7, 11) is 0. The maximum atomic E-state index is 5.25. The molecule has 0 aromatic rings. The van der Waals surface area contributed by atoms with Gasteiger partial charge in [-0.25, -0.2) is 4.99 Å². The number of hydrogen-bond donors (Lipinski definition) is 1. The summed E-state index contributed by atoms with van der Waals surface area (Å²) in [6.45, 7) is 7.69. The summed E-state index contributed by atoms with van der Waals surface area (Å²) in [4.78, 5) is 4.29. The Morgan fingerprint density at radius 1 is 1.70 bits per heavy atom. The lowest BCUT2D eigenvalue weighted by molar-refractivity contribution is 0.270. The van der Waals surface area contributed by atoms with Crippen molar-refractivity contribution in [3.05, 3.63) is 0 Å². The van der Waals surface area contributed by atoms with Crippen molar-refractivity contribution >= 4 is 6.02 Å². The van der Waals surface area contributed by atoms with E-state index in [0.29, 0.717) is 12.6 Å². The molecular formula is C7H14N2O. The molecule has 0 unspecified atom stereocenters. The van der Waals surface area contributed by atoms with Crippen LogP contribution in [0.5, 0.6) is 0 Å². The van der Waals surface area contributed by atoms with Crippen LogP contribution in [0.4, 0.5) is 0 Å².